The summed E-state index contributed by atoms with van der Waals surface area (Å²) in [4.78, 5) is 12.2. The predicted octanol–water partition coefficient (Wildman–Crippen LogP) is 3.09. The van der Waals surface area contributed by atoms with Gasteiger partial charge in [-0.15, -0.1) is 0 Å². The molecule has 0 aliphatic carbocycles. The summed E-state index contributed by atoms with van der Waals surface area (Å²) in [6.45, 7) is 7.34. The Labute approximate surface area is 128 Å². The molecule has 0 saturated carbocycles. The number of hydrogen-bond donors (Lipinski definition) is 2. The summed E-state index contributed by atoms with van der Waals surface area (Å²) in [5.41, 5.74) is 0.558. The molecule has 4 nitrogen and oxygen atoms in total. The predicted molar refractivity (Wildman–Crippen MR) is 83.5 cm³/mol. The largest absolute Gasteiger partial charge is 0.466 e. The van der Waals surface area contributed by atoms with E-state index in [1.54, 1.807) is 18.3 Å². The van der Waals surface area contributed by atoms with Crippen LogP contribution in [0.4, 0.5) is 0 Å². The molecule has 0 fully saturated rings. The normalized spacial score (nSPS) is 15.5. The lowest BCUT2D eigenvalue weighted by molar-refractivity contribution is -0.123. The Bertz CT molecular complexity index is 614. The van der Waals surface area contributed by atoms with E-state index in [1.165, 1.54) is 0 Å². The van der Waals surface area contributed by atoms with Gasteiger partial charge in [0.25, 0.3) is 0 Å². The van der Waals surface area contributed by atoms with Gasteiger partial charge in [-0.05, 0) is 56.2 Å². The second-order valence-corrected chi connectivity index (χ2v) is 6.38. The fourth-order valence-electron chi connectivity index (χ4n) is 2.35. The van der Waals surface area contributed by atoms with Crippen molar-refractivity contribution in [1.82, 2.24) is 5.32 Å². The number of carbonyl (C=O) groups is 1. The molecule has 0 aliphatic rings. The van der Waals surface area contributed by atoms with E-state index in [0.29, 0.717) is 11.3 Å². The van der Waals surface area contributed by atoms with E-state index in [0.717, 1.165) is 11.3 Å². The Morgan fingerprint density at radius 1 is 1.52 bits per heavy atom. The van der Waals surface area contributed by atoms with Gasteiger partial charge in [0, 0.05) is 5.56 Å². The van der Waals surface area contributed by atoms with Gasteiger partial charge in [0.1, 0.15) is 17.1 Å². The highest BCUT2D eigenvalue weighted by molar-refractivity contribution is 7.08. The Kier molecular flexibility index (Phi) is 4.54. The van der Waals surface area contributed by atoms with Crippen LogP contribution in [0.2, 0.25) is 0 Å². The number of thiophene rings is 1. The summed E-state index contributed by atoms with van der Waals surface area (Å²) in [7, 11) is 0. The van der Waals surface area contributed by atoms with Crippen LogP contribution in [0.5, 0.6) is 0 Å². The maximum atomic E-state index is 12.2. The molecule has 2 N–H and O–H groups in total. The van der Waals surface area contributed by atoms with Gasteiger partial charge in [-0.3, -0.25) is 4.79 Å². The molecule has 1 amide bonds. The molecule has 2 unspecified atom stereocenters. The average Bonchev–Trinajstić information content (AvgIpc) is 3.05. The van der Waals surface area contributed by atoms with Crippen LogP contribution in [0.15, 0.2) is 27.3 Å². The van der Waals surface area contributed by atoms with Crippen LogP contribution < -0.4 is 5.32 Å². The third-order valence-electron chi connectivity index (χ3n) is 3.66. The molecule has 0 spiro atoms. The molecule has 0 bridgehead atoms. The van der Waals surface area contributed by atoms with Gasteiger partial charge in [0.05, 0.1) is 12.5 Å². The lowest BCUT2D eigenvalue weighted by atomic mass is 9.95. The van der Waals surface area contributed by atoms with E-state index in [4.69, 9.17) is 4.42 Å². The molecule has 2 aromatic heterocycles. The molecule has 2 heterocycles. The zero-order valence-corrected chi connectivity index (χ0v) is 13.6. The summed E-state index contributed by atoms with van der Waals surface area (Å²) in [5.74, 6) is 1.11. The zero-order chi connectivity index (χ0) is 15.6. The van der Waals surface area contributed by atoms with Crippen molar-refractivity contribution < 1.29 is 14.3 Å². The average molecular weight is 307 g/mol. The quantitative estimate of drug-likeness (QED) is 0.892. The number of aryl methyl sites for hydroxylation is 2. The maximum absolute atomic E-state index is 12.2. The molecule has 5 heteroatoms. The molecule has 0 radical (unpaired) electrons. The standard InChI is InChI=1S/C16H21NO3S/c1-10-7-14(12(3)20-10)16(4,19)9-17-15(18)11(2)13-5-6-21-8-13/h5-8,11,19H,9H2,1-4H3,(H,17,18). The Balaban J connectivity index is 2.01. The second kappa shape index (κ2) is 6.03. The van der Waals surface area contributed by atoms with Crippen molar-refractivity contribution in [3.05, 3.63) is 45.5 Å². The third-order valence-corrected chi connectivity index (χ3v) is 4.37. The van der Waals surface area contributed by atoms with E-state index in [1.807, 2.05) is 43.7 Å². The van der Waals surface area contributed by atoms with Crippen molar-refractivity contribution in [3.63, 3.8) is 0 Å². The SMILES string of the molecule is Cc1cc(C(C)(O)CNC(=O)C(C)c2ccsc2)c(C)o1. The number of nitrogens with one attached hydrogen (secondary N) is 1. The van der Waals surface area contributed by atoms with Gasteiger partial charge >= 0.3 is 0 Å². The lowest BCUT2D eigenvalue weighted by Gasteiger charge is -2.24. The number of aliphatic hydroxyl groups is 1. The summed E-state index contributed by atoms with van der Waals surface area (Å²) < 4.78 is 5.44. The van der Waals surface area contributed by atoms with Gasteiger partial charge in [0.15, 0.2) is 0 Å². The Morgan fingerprint density at radius 3 is 2.76 bits per heavy atom. The molecular formula is C16H21NO3S. The van der Waals surface area contributed by atoms with Gasteiger partial charge in [0.2, 0.25) is 5.91 Å². The highest BCUT2D eigenvalue weighted by atomic mass is 32.1. The van der Waals surface area contributed by atoms with Crippen molar-refractivity contribution in [3.8, 4) is 0 Å². The van der Waals surface area contributed by atoms with Crippen LogP contribution in [0, 0.1) is 13.8 Å². The first-order chi connectivity index (χ1) is 9.81. The minimum atomic E-state index is -1.15. The van der Waals surface area contributed by atoms with E-state index >= 15 is 0 Å². The minimum absolute atomic E-state index is 0.0912. The Morgan fingerprint density at radius 2 is 2.24 bits per heavy atom. The molecule has 0 aromatic carbocycles. The number of carbonyl (C=O) groups excluding carboxylic acids is 1. The van der Waals surface area contributed by atoms with Crippen LogP contribution in [-0.4, -0.2) is 17.6 Å². The fourth-order valence-corrected chi connectivity index (χ4v) is 3.10. The number of amides is 1. The van der Waals surface area contributed by atoms with Gasteiger partial charge < -0.3 is 14.8 Å². The highest BCUT2D eigenvalue weighted by Crippen LogP contribution is 2.26. The van der Waals surface area contributed by atoms with E-state index in [2.05, 4.69) is 5.32 Å². The van der Waals surface area contributed by atoms with E-state index in [-0.39, 0.29) is 18.4 Å². The minimum Gasteiger partial charge on any atom is -0.466 e. The van der Waals surface area contributed by atoms with Crippen LogP contribution in [0.25, 0.3) is 0 Å². The van der Waals surface area contributed by atoms with Crippen molar-refractivity contribution in [2.24, 2.45) is 0 Å². The molecule has 0 aliphatic heterocycles. The molecule has 0 saturated heterocycles. The van der Waals surface area contributed by atoms with Gasteiger partial charge in [-0.1, -0.05) is 0 Å². The van der Waals surface area contributed by atoms with Crippen molar-refractivity contribution in [2.45, 2.75) is 39.2 Å². The van der Waals surface area contributed by atoms with Crippen molar-refractivity contribution >= 4 is 17.2 Å². The van der Waals surface area contributed by atoms with Crippen molar-refractivity contribution in [2.75, 3.05) is 6.54 Å². The molecule has 2 aromatic rings. The first-order valence-corrected chi connectivity index (χ1v) is 7.85. The second-order valence-electron chi connectivity index (χ2n) is 5.60. The number of furan rings is 1. The fraction of sp³-hybridized carbons (Fsp3) is 0.438. The summed E-state index contributed by atoms with van der Waals surface area (Å²) in [5, 5.41) is 17.3. The Hall–Kier alpha value is -1.59. The molecule has 114 valence electrons. The maximum Gasteiger partial charge on any atom is 0.227 e. The lowest BCUT2D eigenvalue weighted by Crippen LogP contribution is -2.40. The first-order valence-electron chi connectivity index (χ1n) is 6.91. The zero-order valence-electron chi connectivity index (χ0n) is 12.8. The third kappa shape index (κ3) is 3.54. The van der Waals surface area contributed by atoms with Crippen LogP contribution in [0.1, 0.15) is 42.4 Å². The summed E-state index contributed by atoms with van der Waals surface area (Å²) >= 11 is 1.57. The summed E-state index contributed by atoms with van der Waals surface area (Å²) in [6.07, 6.45) is 0. The number of rotatable bonds is 5. The molecule has 2 atom stereocenters. The first kappa shape index (κ1) is 15.8. The topological polar surface area (TPSA) is 62.5 Å². The van der Waals surface area contributed by atoms with Crippen LogP contribution in [0.3, 0.4) is 0 Å². The van der Waals surface area contributed by atoms with Crippen LogP contribution >= 0.6 is 11.3 Å². The van der Waals surface area contributed by atoms with Crippen molar-refractivity contribution in [1.29, 1.82) is 0 Å². The molecule has 2 rings (SSSR count). The van der Waals surface area contributed by atoms with E-state index in [9.17, 15) is 9.90 Å². The highest BCUT2D eigenvalue weighted by Gasteiger charge is 2.29. The van der Waals surface area contributed by atoms with Gasteiger partial charge in [-0.25, -0.2) is 0 Å². The van der Waals surface area contributed by atoms with E-state index < -0.39 is 5.60 Å². The van der Waals surface area contributed by atoms with Crippen LogP contribution in [-0.2, 0) is 10.4 Å². The monoisotopic (exact) mass is 307 g/mol. The molecular weight excluding hydrogens is 286 g/mol. The van der Waals surface area contributed by atoms with Gasteiger partial charge in [-0.2, -0.15) is 11.3 Å². The number of hydrogen-bond acceptors (Lipinski definition) is 4. The molecule has 21 heavy (non-hydrogen) atoms. The smallest absolute Gasteiger partial charge is 0.227 e. The summed E-state index contributed by atoms with van der Waals surface area (Å²) in [6, 6.07) is 3.75.